The lowest BCUT2D eigenvalue weighted by atomic mass is 10.2. The number of benzene rings is 1. The van der Waals surface area contributed by atoms with Crippen molar-refractivity contribution >= 4 is 48.7 Å². The Morgan fingerprint density at radius 2 is 2.16 bits per heavy atom. The lowest BCUT2D eigenvalue weighted by Crippen LogP contribution is -2.27. The summed E-state index contributed by atoms with van der Waals surface area (Å²) in [5, 5.41) is 2.81. The molecule has 4 nitrogen and oxygen atoms in total. The molecule has 0 radical (unpaired) electrons. The van der Waals surface area contributed by atoms with Gasteiger partial charge in [-0.1, -0.05) is 27.3 Å². The van der Waals surface area contributed by atoms with Crippen molar-refractivity contribution in [3.63, 3.8) is 0 Å². The highest BCUT2D eigenvalue weighted by Crippen LogP contribution is 2.30. The van der Waals surface area contributed by atoms with Gasteiger partial charge in [0, 0.05) is 4.47 Å². The maximum Gasteiger partial charge on any atom is 0.413 e. The number of aromatic nitrogens is 1. The van der Waals surface area contributed by atoms with E-state index in [0.717, 1.165) is 0 Å². The molecule has 7 heteroatoms. The molecule has 0 aliphatic heterocycles. The van der Waals surface area contributed by atoms with Crippen molar-refractivity contribution in [2.24, 2.45) is 0 Å². The van der Waals surface area contributed by atoms with Crippen LogP contribution in [0, 0.1) is 5.82 Å². The standard InChI is InChI=1S/C12H12BrFN2O2S/c1-12(2,3)18-11(17)16-10-15-9-7(14)4-6(13)5-8(9)19-10/h4-5H,1-3H3,(H,15,16,17). The number of hydrogen-bond donors (Lipinski definition) is 1. The van der Waals surface area contributed by atoms with Crippen LogP contribution in [0.1, 0.15) is 20.8 Å². The van der Waals surface area contributed by atoms with Gasteiger partial charge in [0.1, 0.15) is 11.1 Å². The van der Waals surface area contributed by atoms with Crippen LogP contribution in [-0.4, -0.2) is 16.7 Å². The zero-order valence-corrected chi connectivity index (χ0v) is 13.0. The maximum absolute atomic E-state index is 13.6. The molecule has 0 saturated heterocycles. The van der Waals surface area contributed by atoms with Crippen LogP contribution in [0.25, 0.3) is 10.2 Å². The molecule has 1 heterocycles. The van der Waals surface area contributed by atoms with E-state index in [9.17, 15) is 9.18 Å². The molecular formula is C12H12BrFN2O2S. The SMILES string of the molecule is CC(C)(C)OC(=O)Nc1nc2c(F)cc(Br)cc2s1. The molecule has 0 unspecified atom stereocenters. The van der Waals surface area contributed by atoms with Crippen molar-refractivity contribution in [3.8, 4) is 0 Å². The van der Waals surface area contributed by atoms with Crippen molar-refractivity contribution in [2.45, 2.75) is 26.4 Å². The summed E-state index contributed by atoms with van der Waals surface area (Å²) in [5.41, 5.74) is -0.353. The molecule has 102 valence electrons. The van der Waals surface area contributed by atoms with Crippen LogP contribution < -0.4 is 5.32 Å². The van der Waals surface area contributed by atoms with E-state index in [0.29, 0.717) is 14.3 Å². The zero-order chi connectivity index (χ0) is 14.2. The summed E-state index contributed by atoms with van der Waals surface area (Å²) >= 11 is 4.40. The number of carbonyl (C=O) groups is 1. The third-order valence-corrected chi connectivity index (χ3v) is 3.40. The summed E-state index contributed by atoms with van der Waals surface area (Å²) in [6.07, 6.45) is -0.606. The minimum Gasteiger partial charge on any atom is -0.444 e. The Morgan fingerprint density at radius 1 is 1.47 bits per heavy atom. The number of fused-ring (bicyclic) bond motifs is 1. The van der Waals surface area contributed by atoms with Gasteiger partial charge < -0.3 is 4.74 Å². The number of carbonyl (C=O) groups excluding carboxylic acids is 1. The van der Waals surface area contributed by atoms with Gasteiger partial charge in [0.05, 0.1) is 4.70 Å². The molecule has 0 aliphatic rings. The van der Waals surface area contributed by atoms with Gasteiger partial charge in [0.15, 0.2) is 10.9 Å². The normalized spacial score (nSPS) is 11.6. The smallest absolute Gasteiger partial charge is 0.413 e. The summed E-state index contributed by atoms with van der Waals surface area (Å²) in [4.78, 5) is 15.6. The molecule has 1 aromatic carbocycles. The second-order valence-corrected chi connectivity index (χ2v) is 6.83. The monoisotopic (exact) mass is 346 g/mol. The average Bonchev–Trinajstić information content (AvgIpc) is 2.56. The predicted molar refractivity (Wildman–Crippen MR) is 77.1 cm³/mol. The number of nitrogens with zero attached hydrogens (tertiary/aromatic N) is 1. The average molecular weight is 347 g/mol. The molecule has 2 rings (SSSR count). The van der Waals surface area contributed by atoms with E-state index in [1.54, 1.807) is 26.8 Å². The quantitative estimate of drug-likeness (QED) is 0.824. The molecule has 19 heavy (non-hydrogen) atoms. The van der Waals surface area contributed by atoms with Gasteiger partial charge in [-0.2, -0.15) is 0 Å². The lowest BCUT2D eigenvalue weighted by Gasteiger charge is -2.18. The summed E-state index contributed by atoms with van der Waals surface area (Å²) in [6.45, 7) is 5.30. The fourth-order valence-electron chi connectivity index (χ4n) is 1.40. The van der Waals surface area contributed by atoms with Gasteiger partial charge in [-0.15, -0.1) is 0 Å². The first-order chi connectivity index (χ1) is 8.74. The van der Waals surface area contributed by atoms with Crippen LogP contribution in [-0.2, 0) is 4.74 Å². The van der Waals surface area contributed by atoms with Crippen LogP contribution in [0.15, 0.2) is 16.6 Å². The number of halogens is 2. The highest BCUT2D eigenvalue weighted by atomic mass is 79.9. The predicted octanol–water partition coefficient (Wildman–Crippen LogP) is 4.54. The number of nitrogens with one attached hydrogen (secondary N) is 1. The lowest BCUT2D eigenvalue weighted by molar-refractivity contribution is 0.0636. The largest absolute Gasteiger partial charge is 0.444 e. The third kappa shape index (κ3) is 3.63. The van der Waals surface area contributed by atoms with E-state index in [1.807, 2.05) is 0 Å². The van der Waals surface area contributed by atoms with Crippen molar-refractivity contribution < 1.29 is 13.9 Å². The van der Waals surface area contributed by atoms with Gasteiger partial charge in [0.25, 0.3) is 0 Å². The summed E-state index contributed by atoms with van der Waals surface area (Å²) in [6, 6.07) is 3.08. The Morgan fingerprint density at radius 3 is 2.79 bits per heavy atom. The van der Waals surface area contributed by atoms with Gasteiger partial charge >= 0.3 is 6.09 Å². The molecule has 0 bridgehead atoms. The Labute approximate surface area is 122 Å². The first-order valence-corrected chi connectivity index (χ1v) is 7.11. The number of rotatable bonds is 1. The van der Waals surface area contributed by atoms with Crippen molar-refractivity contribution in [3.05, 3.63) is 22.4 Å². The summed E-state index contributed by atoms with van der Waals surface area (Å²) in [5.74, 6) is -0.433. The van der Waals surface area contributed by atoms with Crippen LogP contribution in [0.2, 0.25) is 0 Å². The Balaban J connectivity index is 2.23. The van der Waals surface area contributed by atoms with Crippen molar-refractivity contribution in [2.75, 3.05) is 5.32 Å². The van der Waals surface area contributed by atoms with Gasteiger partial charge in [-0.3, -0.25) is 5.32 Å². The summed E-state index contributed by atoms with van der Waals surface area (Å²) < 4.78 is 20.0. The van der Waals surface area contributed by atoms with E-state index < -0.39 is 17.5 Å². The van der Waals surface area contributed by atoms with E-state index >= 15 is 0 Å². The number of hydrogen-bond acceptors (Lipinski definition) is 4. The number of anilines is 1. The van der Waals surface area contributed by atoms with Gasteiger partial charge in [-0.05, 0) is 32.9 Å². The van der Waals surface area contributed by atoms with Crippen molar-refractivity contribution in [1.29, 1.82) is 0 Å². The number of amides is 1. The van der Waals surface area contributed by atoms with E-state index in [1.165, 1.54) is 17.4 Å². The fourth-order valence-corrected chi connectivity index (χ4v) is 2.89. The van der Waals surface area contributed by atoms with Gasteiger partial charge in [-0.25, -0.2) is 14.2 Å². The van der Waals surface area contributed by atoms with Crippen LogP contribution in [0.3, 0.4) is 0 Å². The summed E-state index contributed by atoms with van der Waals surface area (Å²) in [7, 11) is 0. The highest BCUT2D eigenvalue weighted by molar-refractivity contribution is 9.10. The van der Waals surface area contributed by atoms with E-state index in [2.05, 4.69) is 26.2 Å². The second kappa shape index (κ2) is 5.05. The molecule has 0 fully saturated rings. The van der Waals surface area contributed by atoms with E-state index in [4.69, 9.17) is 4.74 Å². The topological polar surface area (TPSA) is 51.2 Å². The first kappa shape index (κ1) is 14.2. The van der Waals surface area contributed by atoms with E-state index in [-0.39, 0.29) is 5.52 Å². The van der Waals surface area contributed by atoms with Crippen LogP contribution in [0.5, 0.6) is 0 Å². The molecule has 1 amide bonds. The fraction of sp³-hybridized carbons (Fsp3) is 0.333. The van der Waals surface area contributed by atoms with Gasteiger partial charge in [0.2, 0.25) is 0 Å². The minimum atomic E-state index is -0.606. The highest BCUT2D eigenvalue weighted by Gasteiger charge is 2.18. The molecule has 1 aromatic heterocycles. The molecule has 2 aromatic rings. The molecule has 0 atom stereocenters. The number of ether oxygens (including phenoxy) is 1. The zero-order valence-electron chi connectivity index (χ0n) is 10.6. The Bertz CT molecular complexity index is 636. The first-order valence-electron chi connectivity index (χ1n) is 5.50. The molecular weight excluding hydrogens is 335 g/mol. The molecule has 0 saturated carbocycles. The molecule has 0 spiro atoms. The Hall–Kier alpha value is -1.21. The second-order valence-electron chi connectivity index (χ2n) is 4.88. The maximum atomic E-state index is 13.6. The van der Waals surface area contributed by atoms with Crippen molar-refractivity contribution in [1.82, 2.24) is 4.98 Å². The minimum absolute atomic E-state index is 0.235. The molecule has 1 N–H and O–H groups in total. The van der Waals surface area contributed by atoms with Crippen LogP contribution >= 0.6 is 27.3 Å². The number of thiazole rings is 1. The van der Waals surface area contributed by atoms with Crippen LogP contribution in [0.4, 0.5) is 14.3 Å². The Kier molecular flexibility index (Phi) is 3.78. The molecule has 0 aliphatic carbocycles. The third-order valence-electron chi connectivity index (χ3n) is 2.02.